The molecule has 7 nitrogen and oxygen atoms in total. The molecule has 1 amide bonds. The Morgan fingerprint density at radius 3 is 2.81 bits per heavy atom. The third-order valence-corrected chi connectivity index (χ3v) is 5.20. The summed E-state index contributed by atoms with van der Waals surface area (Å²) in [7, 11) is 0. The lowest BCUT2D eigenvalue weighted by molar-refractivity contribution is -0.134. The number of carbonyl (C=O) groups is 1. The molecule has 7 heteroatoms. The van der Waals surface area contributed by atoms with Gasteiger partial charge in [-0.15, -0.1) is 0 Å². The SMILES string of the molecule is CC(C)c1noc(C2CCCN2C(=O)C2CC(c3ccccc3)NN2)n1. The number of nitrogens with one attached hydrogen (secondary N) is 2. The molecule has 138 valence electrons. The van der Waals surface area contributed by atoms with Gasteiger partial charge in [-0.1, -0.05) is 49.3 Å². The zero-order chi connectivity index (χ0) is 18.1. The van der Waals surface area contributed by atoms with Crippen molar-refractivity contribution in [3.63, 3.8) is 0 Å². The van der Waals surface area contributed by atoms with E-state index in [-0.39, 0.29) is 30.0 Å². The molecule has 1 aromatic heterocycles. The van der Waals surface area contributed by atoms with Crippen LogP contribution in [0.4, 0.5) is 0 Å². The molecule has 3 heterocycles. The van der Waals surface area contributed by atoms with Crippen LogP contribution in [0, 0.1) is 0 Å². The van der Waals surface area contributed by atoms with E-state index in [4.69, 9.17) is 4.52 Å². The van der Waals surface area contributed by atoms with Crippen LogP contribution in [-0.2, 0) is 4.79 Å². The highest BCUT2D eigenvalue weighted by atomic mass is 16.5. The van der Waals surface area contributed by atoms with Crippen LogP contribution in [0.1, 0.15) is 68.4 Å². The van der Waals surface area contributed by atoms with Crippen molar-refractivity contribution in [2.75, 3.05) is 6.54 Å². The maximum absolute atomic E-state index is 13.1. The predicted molar refractivity (Wildman–Crippen MR) is 95.9 cm³/mol. The van der Waals surface area contributed by atoms with Gasteiger partial charge in [-0.25, -0.2) is 10.9 Å². The summed E-state index contributed by atoms with van der Waals surface area (Å²) in [6, 6.07) is 9.98. The van der Waals surface area contributed by atoms with E-state index in [0.717, 1.165) is 25.8 Å². The van der Waals surface area contributed by atoms with Crippen molar-refractivity contribution in [3.8, 4) is 0 Å². The summed E-state index contributed by atoms with van der Waals surface area (Å²) in [5, 5.41) is 4.05. The Morgan fingerprint density at radius 1 is 1.27 bits per heavy atom. The fourth-order valence-corrected chi connectivity index (χ4v) is 3.73. The largest absolute Gasteiger partial charge is 0.337 e. The number of hydrogen-bond acceptors (Lipinski definition) is 6. The lowest BCUT2D eigenvalue weighted by Crippen LogP contribution is -2.45. The van der Waals surface area contributed by atoms with E-state index in [1.54, 1.807) is 0 Å². The molecule has 0 saturated carbocycles. The van der Waals surface area contributed by atoms with E-state index in [2.05, 4.69) is 33.1 Å². The van der Waals surface area contributed by atoms with E-state index in [9.17, 15) is 4.79 Å². The highest BCUT2D eigenvalue weighted by molar-refractivity contribution is 5.82. The third kappa shape index (κ3) is 3.24. The molecule has 2 aliphatic heterocycles. The smallest absolute Gasteiger partial charge is 0.249 e. The molecular weight excluding hydrogens is 330 g/mol. The van der Waals surface area contributed by atoms with Crippen LogP contribution >= 0.6 is 0 Å². The Labute approximate surface area is 153 Å². The maximum Gasteiger partial charge on any atom is 0.249 e. The Bertz CT molecular complexity index is 760. The van der Waals surface area contributed by atoms with Gasteiger partial charge in [0.15, 0.2) is 5.82 Å². The van der Waals surface area contributed by atoms with Crippen LogP contribution in [0.5, 0.6) is 0 Å². The standard InChI is InChI=1S/C19H25N5O2/c1-12(2)17-20-18(26-23-17)16-9-6-10-24(16)19(25)15-11-14(21-22-15)13-7-4-3-5-8-13/h3-5,7-8,12,14-16,21-22H,6,9-11H2,1-2H3. The molecule has 3 atom stereocenters. The fraction of sp³-hybridized carbons (Fsp3) is 0.526. The zero-order valence-electron chi connectivity index (χ0n) is 15.2. The summed E-state index contributed by atoms with van der Waals surface area (Å²) in [6.07, 6.45) is 2.55. The van der Waals surface area contributed by atoms with E-state index in [1.165, 1.54) is 5.56 Å². The minimum absolute atomic E-state index is 0.0997. The first-order valence-corrected chi connectivity index (χ1v) is 9.33. The molecule has 4 rings (SSSR count). The molecule has 0 spiro atoms. The van der Waals surface area contributed by atoms with Gasteiger partial charge in [0.05, 0.1) is 0 Å². The summed E-state index contributed by atoms with van der Waals surface area (Å²) in [5.74, 6) is 1.57. The number of likely N-dealkylation sites (tertiary alicyclic amines) is 1. The molecule has 0 bridgehead atoms. The van der Waals surface area contributed by atoms with Crippen molar-refractivity contribution in [1.82, 2.24) is 25.9 Å². The van der Waals surface area contributed by atoms with Gasteiger partial charge in [0.1, 0.15) is 12.1 Å². The van der Waals surface area contributed by atoms with Crippen LogP contribution in [0.2, 0.25) is 0 Å². The number of nitrogens with zero attached hydrogens (tertiary/aromatic N) is 3. The highest BCUT2D eigenvalue weighted by Crippen LogP contribution is 2.33. The van der Waals surface area contributed by atoms with Crippen molar-refractivity contribution in [1.29, 1.82) is 0 Å². The molecular formula is C19H25N5O2. The minimum Gasteiger partial charge on any atom is -0.337 e. The van der Waals surface area contributed by atoms with Crippen molar-refractivity contribution < 1.29 is 9.32 Å². The molecule has 2 aromatic rings. The van der Waals surface area contributed by atoms with Crippen LogP contribution in [0.15, 0.2) is 34.9 Å². The second-order valence-electron chi connectivity index (χ2n) is 7.38. The monoisotopic (exact) mass is 355 g/mol. The Hall–Kier alpha value is -2.25. The van der Waals surface area contributed by atoms with Gasteiger partial charge in [0, 0.05) is 18.5 Å². The second-order valence-corrected chi connectivity index (χ2v) is 7.38. The molecule has 2 fully saturated rings. The van der Waals surface area contributed by atoms with Gasteiger partial charge in [0.25, 0.3) is 0 Å². The van der Waals surface area contributed by atoms with Crippen LogP contribution < -0.4 is 10.9 Å². The molecule has 3 unspecified atom stereocenters. The summed E-state index contributed by atoms with van der Waals surface area (Å²) in [6.45, 7) is 4.80. The van der Waals surface area contributed by atoms with Gasteiger partial charge in [-0.05, 0) is 24.8 Å². The first-order valence-electron chi connectivity index (χ1n) is 9.33. The fourth-order valence-electron chi connectivity index (χ4n) is 3.73. The summed E-state index contributed by atoms with van der Waals surface area (Å²) >= 11 is 0. The van der Waals surface area contributed by atoms with Gasteiger partial charge in [-0.2, -0.15) is 4.98 Å². The highest BCUT2D eigenvalue weighted by Gasteiger charge is 2.39. The van der Waals surface area contributed by atoms with Gasteiger partial charge in [0.2, 0.25) is 11.8 Å². The van der Waals surface area contributed by atoms with Crippen molar-refractivity contribution in [2.45, 2.75) is 57.2 Å². The molecule has 0 radical (unpaired) electrons. The molecule has 2 N–H and O–H groups in total. The number of benzene rings is 1. The predicted octanol–water partition coefficient (Wildman–Crippen LogP) is 2.46. The van der Waals surface area contributed by atoms with E-state index >= 15 is 0 Å². The van der Waals surface area contributed by atoms with Crippen molar-refractivity contribution >= 4 is 5.91 Å². The number of carbonyl (C=O) groups excluding carboxylic acids is 1. The quantitative estimate of drug-likeness (QED) is 0.877. The number of amides is 1. The Kier molecular flexibility index (Phi) is 4.74. The first-order chi connectivity index (χ1) is 12.6. The van der Waals surface area contributed by atoms with Crippen LogP contribution in [0.3, 0.4) is 0 Å². The maximum atomic E-state index is 13.1. The zero-order valence-corrected chi connectivity index (χ0v) is 15.2. The molecule has 2 saturated heterocycles. The van der Waals surface area contributed by atoms with Crippen LogP contribution in [-0.4, -0.2) is 33.5 Å². The second kappa shape index (κ2) is 7.17. The Balaban J connectivity index is 1.45. The van der Waals surface area contributed by atoms with Gasteiger partial charge in [-0.3, -0.25) is 4.79 Å². The lowest BCUT2D eigenvalue weighted by atomic mass is 10.0. The summed E-state index contributed by atoms with van der Waals surface area (Å²) < 4.78 is 5.45. The van der Waals surface area contributed by atoms with E-state index in [0.29, 0.717) is 11.7 Å². The number of aromatic nitrogens is 2. The number of hydrogen-bond donors (Lipinski definition) is 2. The molecule has 0 aliphatic carbocycles. The lowest BCUT2D eigenvalue weighted by Gasteiger charge is -2.24. The van der Waals surface area contributed by atoms with E-state index < -0.39 is 0 Å². The summed E-state index contributed by atoms with van der Waals surface area (Å²) in [4.78, 5) is 19.5. The summed E-state index contributed by atoms with van der Waals surface area (Å²) in [5.41, 5.74) is 7.61. The Morgan fingerprint density at radius 2 is 2.08 bits per heavy atom. The molecule has 2 aliphatic rings. The van der Waals surface area contributed by atoms with Crippen molar-refractivity contribution in [2.24, 2.45) is 0 Å². The third-order valence-electron chi connectivity index (χ3n) is 5.20. The van der Waals surface area contributed by atoms with Crippen molar-refractivity contribution in [3.05, 3.63) is 47.6 Å². The number of rotatable bonds is 4. The topological polar surface area (TPSA) is 83.3 Å². The average Bonchev–Trinajstić information content (AvgIpc) is 3.41. The minimum atomic E-state index is -0.242. The number of hydrazine groups is 1. The normalized spacial score (nSPS) is 26.0. The first kappa shape index (κ1) is 17.2. The average molecular weight is 355 g/mol. The van der Waals surface area contributed by atoms with Crippen LogP contribution in [0.25, 0.3) is 0 Å². The molecule has 1 aromatic carbocycles. The molecule has 26 heavy (non-hydrogen) atoms. The van der Waals surface area contributed by atoms with E-state index in [1.807, 2.05) is 36.9 Å². The van der Waals surface area contributed by atoms with Gasteiger partial charge >= 0.3 is 0 Å². The van der Waals surface area contributed by atoms with Gasteiger partial charge < -0.3 is 9.42 Å².